The summed E-state index contributed by atoms with van der Waals surface area (Å²) in [5.41, 5.74) is 4.30. The van der Waals surface area contributed by atoms with E-state index in [0.29, 0.717) is 5.92 Å². The summed E-state index contributed by atoms with van der Waals surface area (Å²) in [7, 11) is 1.96. The highest BCUT2D eigenvalue weighted by molar-refractivity contribution is 5.54. The number of hydrogen-bond acceptors (Lipinski definition) is 4. The molecule has 0 amide bonds. The fourth-order valence-corrected chi connectivity index (χ4v) is 2.47. The molecule has 0 fully saturated rings. The number of nitrogens with one attached hydrogen (secondary N) is 1. The fraction of sp³-hybridized carbons (Fsp3) is 0.400. The van der Waals surface area contributed by atoms with Gasteiger partial charge in [-0.1, -0.05) is 6.92 Å². The normalized spacial score (nSPS) is 12.4. The molecule has 0 aromatic carbocycles. The molecule has 2 aromatic heterocycles. The number of hydrogen-bond donors (Lipinski definition) is 1. The van der Waals surface area contributed by atoms with Gasteiger partial charge in [-0.05, 0) is 44.5 Å². The average Bonchev–Trinajstić information content (AvgIpc) is 2.39. The molecule has 0 aliphatic heterocycles. The van der Waals surface area contributed by atoms with Crippen molar-refractivity contribution in [2.24, 2.45) is 0 Å². The zero-order chi connectivity index (χ0) is 13.8. The van der Waals surface area contributed by atoms with Crippen molar-refractivity contribution >= 4 is 0 Å². The summed E-state index contributed by atoms with van der Waals surface area (Å²) in [5.74, 6) is 1.16. The van der Waals surface area contributed by atoms with Crippen molar-refractivity contribution in [3.05, 3.63) is 41.5 Å². The van der Waals surface area contributed by atoms with Crippen LogP contribution in [-0.2, 0) is 0 Å². The second-order valence-corrected chi connectivity index (χ2v) is 4.83. The van der Waals surface area contributed by atoms with Crippen LogP contribution in [0, 0.1) is 13.8 Å². The Hall–Kier alpha value is -1.81. The summed E-state index contributed by atoms with van der Waals surface area (Å²) in [6.45, 7) is 7.22. The summed E-state index contributed by atoms with van der Waals surface area (Å²) < 4.78 is 0. The average molecular weight is 256 g/mol. The maximum absolute atomic E-state index is 4.63. The Morgan fingerprint density at radius 1 is 1.21 bits per heavy atom. The molecule has 1 N–H and O–H groups in total. The minimum absolute atomic E-state index is 0.410. The minimum atomic E-state index is 0.410. The van der Waals surface area contributed by atoms with E-state index in [1.807, 2.05) is 19.2 Å². The van der Waals surface area contributed by atoms with E-state index in [4.69, 9.17) is 0 Å². The Kier molecular flexibility index (Phi) is 4.22. The topological polar surface area (TPSA) is 50.7 Å². The zero-order valence-corrected chi connectivity index (χ0v) is 11.9. The Morgan fingerprint density at radius 3 is 2.42 bits per heavy atom. The smallest absolute Gasteiger partial charge is 0.161 e. The molecule has 2 rings (SSSR count). The van der Waals surface area contributed by atoms with Crippen LogP contribution in [0.25, 0.3) is 11.4 Å². The molecule has 4 heteroatoms. The van der Waals surface area contributed by atoms with Gasteiger partial charge in [0.25, 0.3) is 0 Å². The molecule has 0 saturated heterocycles. The third kappa shape index (κ3) is 2.96. The van der Waals surface area contributed by atoms with E-state index < -0.39 is 0 Å². The molecule has 2 aromatic rings. The minimum Gasteiger partial charge on any atom is -0.319 e. The summed E-state index contributed by atoms with van der Waals surface area (Å²) in [6.07, 6.45) is 3.55. The second-order valence-electron chi connectivity index (χ2n) is 4.83. The van der Waals surface area contributed by atoms with E-state index >= 15 is 0 Å². The Labute approximate surface area is 114 Å². The van der Waals surface area contributed by atoms with Gasteiger partial charge < -0.3 is 5.32 Å². The molecule has 0 aliphatic carbocycles. The van der Waals surface area contributed by atoms with Gasteiger partial charge >= 0.3 is 0 Å². The van der Waals surface area contributed by atoms with Crippen LogP contribution in [0.3, 0.4) is 0 Å². The van der Waals surface area contributed by atoms with E-state index in [-0.39, 0.29) is 0 Å². The lowest BCUT2D eigenvalue weighted by atomic mass is 9.98. The van der Waals surface area contributed by atoms with E-state index in [1.165, 1.54) is 5.56 Å². The van der Waals surface area contributed by atoms with Crippen molar-refractivity contribution in [3.8, 4) is 11.4 Å². The van der Waals surface area contributed by atoms with E-state index in [9.17, 15) is 0 Å². The molecule has 0 spiro atoms. The number of rotatable bonds is 4. The van der Waals surface area contributed by atoms with Gasteiger partial charge in [0.1, 0.15) is 0 Å². The van der Waals surface area contributed by atoms with Gasteiger partial charge in [0, 0.05) is 35.9 Å². The monoisotopic (exact) mass is 256 g/mol. The highest BCUT2D eigenvalue weighted by Gasteiger charge is 2.15. The van der Waals surface area contributed by atoms with Gasteiger partial charge in [0.05, 0.1) is 0 Å². The highest BCUT2D eigenvalue weighted by Crippen LogP contribution is 2.23. The van der Waals surface area contributed by atoms with E-state index in [2.05, 4.69) is 41.0 Å². The van der Waals surface area contributed by atoms with Crippen molar-refractivity contribution in [1.82, 2.24) is 20.3 Å². The summed E-state index contributed by atoms with van der Waals surface area (Å²) >= 11 is 0. The van der Waals surface area contributed by atoms with Crippen LogP contribution in [0.2, 0.25) is 0 Å². The van der Waals surface area contributed by atoms with Crippen molar-refractivity contribution in [2.45, 2.75) is 26.7 Å². The molecule has 0 aliphatic rings. The predicted octanol–water partition coefficient (Wildman–Crippen LogP) is 2.48. The molecular weight excluding hydrogens is 236 g/mol. The van der Waals surface area contributed by atoms with Crippen LogP contribution in [-0.4, -0.2) is 28.5 Å². The fourth-order valence-electron chi connectivity index (χ4n) is 2.47. The Bertz CT molecular complexity index is 528. The molecule has 4 nitrogen and oxygen atoms in total. The van der Waals surface area contributed by atoms with Gasteiger partial charge in [-0.3, -0.25) is 4.98 Å². The molecule has 0 saturated carbocycles. The molecule has 1 atom stereocenters. The van der Waals surface area contributed by atoms with E-state index in [1.54, 1.807) is 12.4 Å². The first kappa shape index (κ1) is 13.6. The van der Waals surface area contributed by atoms with Gasteiger partial charge in [-0.2, -0.15) is 0 Å². The number of likely N-dealkylation sites (N-methyl/N-ethyl adjacent to an activating group) is 1. The summed E-state index contributed by atoms with van der Waals surface area (Å²) in [4.78, 5) is 13.4. The SMILES string of the molecule is CNCC(C)c1c(C)nc(-c2cccnc2)nc1C. The third-order valence-corrected chi connectivity index (χ3v) is 3.25. The second kappa shape index (κ2) is 5.89. The van der Waals surface area contributed by atoms with Crippen LogP contribution < -0.4 is 5.32 Å². The van der Waals surface area contributed by atoms with Crippen molar-refractivity contribution in [2.75, 3.05) is 13.6 Å². The van der Waals surface area contributed by atoms with Crippen LogP contribution in [0.4, 0.5) is 0 Å². The first-order valence-corrected chi connectivity index (χ1v) is 6.53. The van der Waals surface area contributed by atoms with Gasteiger partial charge in [0.2, 0.25) is 0 Å². The molecule has 1 unspecified atom stereocenters. The molecule has 2 heterocycles. The first-order valence-electron chi connectivity index (χ1n) is 6.53. The summed E-state index contributed by atoms with van der Waals surface area (Å²) in [5, 5.41) is 3.20. The van der Waals surface area contributed by atoms with Crippen LogP contribution in [0.1, 0.15) is 29.8 Å². The lowest BCUT2D eigenvalue weighted by molar-refractivity contribution is 0.663. The molecule has 19 heavy (non-hydrogen) atoms. The summed E-state index contributed by atoms with van der Waals surface area (Å²) in [6, 6.07) is 3.89. The number of aromatic nitrogens is 3. The van der Waals surface area contributed by atoms with Crippen molar-refractivity contribution < 1.29 is 0 Å². The third-order valence-electron chi connectivity index (χ3n) is 3.25. The van der Waals surface area contributed by atoms with Crippen LogP contribution in [0.15, 0.2) is 24.5 Å². The molecule has 100 valence electrons. The first-order chi connectivity index (χ1) is 9.13. The molecule has 0 bridgehead atoms. The van der Waals surface area contributed by atoms with Crippen LogP contribution in [0.5, 0.6) is 0 Å². The van der Waals surface area contributed by atoms with Gasteiger partial charge in [0.15, 0.2) is 5.82 Å². The number of nitrogens with zero attached hydrogens (tertiary/aromatic N) is 3. The van der Waals surface area contributed by atoms with E-state index in [0.717, 1.165) is 29.3 Å². The lowest BCUT2D eigenvalue weighted by Crippen LogP contribution is -2.17. The maximum Gasteiger partial charge on any atom is 0.161 e. The Morgan fingerprint density at radius 2 is 1.89 bits per heavy atom. The highest BCUT2D eigenvalue weighted by atomic mass is 14.9. The van der Waals surface area contributed by atoms with Gasteiger partial charge in [-0.15, -0.1) is 0 Å². The standard InChI is InChI=1S/C15H20N4/c1-10(8-16-4)14-11(2)18-15(19-12(14)3)13-6-5-7-17-9-13/h5-7,9-10,16H,8H2,1-4H3. The predicted molar refractivity (Wildman–Crippen MR) is 77.1 cm³/mol. The van der Waals surface area contributed by atoms with Crippen molar-refractivity contribution in [1.29, 1.82) is 0 Å². The largest absolute Gasteiger partial charge is 0.319 e. The maximum atomic E-state index is 4.63. The molecule has 0 radical (unpaired) electrons. The number of aryl methyl sites for hydroxylation is 2. The zero-order valence-electron chi connectivity index (χ0n) is 11.9. The van der Waals surface area contributed by atoms with Crippen LogP contribution >= 0.6 is 0 Å². The number of pyridine rings is 1. The Balaban J connectivity index is 2.42. The van der Waals surface area contributed by atoms with Gasteiger partial charge in [-0.25, -0.2) is 9.97 Å². The van der Waals surface area contributed by atoms with Crippen molar-refractivity contribution in [3.63, 3.8) is 0 Å². The quantitative estimate of drug-likeness (QED) is 0.913. The molecular formula is C15H20N4. The lowest BCUT2D eigenvalue weighted by Gasteiger charge is -2.17.